The van der Waals surface area contributed by atoms with E-state index in [-0.39, 0.29) is 12.4 Å². The predicted molar refractivity (Wildman–Crippen MR) is 55.4 cm³/mol. The number of hydrogen-bond acceptors (Lipinski definition) is 4. The van der Waals surface area contributed by atoms with Gasteiger partial charge < -0.3 is 10.1 Å². The van der Waals surface area contributed by atoms with E-state index < -0.39 is 5.54 Å². The van der Waals surface area contributed by atoms with Crippen LogP contribution in [-0.2, 0) is 9.53 Å². The Morgan fingerprint density at radius 2 is 2.00 bits per heavy atom. The van der Waals surface area contributed by atoms with Crippen LogP contribution in [0.3, 0.4) is 0 Å². The first-order valence-corrected chi connectivity index (χ1v) is 5.07. The van der Waals surface area contributed by atoms with Crippen molar-refractivity contribution in [3.63, 3.8) is 0 Å². The number of rotatable bonds is 4. The summed E-state index contributed by atoms with van der Waals surface area (Å²) < 4.78 is 4.89. The topological polar surface area (TPSA) is 41.6 Å². The lowest BCUT2D eigenvalue weighted by Gasteiger charge is -2.39. The van der Waals surface area contributed by atoms with E-state index in [0.717, 1.165) is 26.2 Å². The minimum absolute atomic E-state index is 0.155. The molecule has 0 aliphatic carbocycles. The summed E-state index contributed by atoms with van der Waals surface area (Å²) in [6, 6.07) is 0. The van der Waals surface area contributed by atoms with Gasteiger partial charge in [-0.1, -0.05) is 0 Å². The van der Waals surface area contributed by atoms with Crippen LogP contribution in [0.4, 0.5) is 0 Å². The van der Waals surface area contributed by atoms with Gasteiger partial charge in [0, 0.05) is 33.3 Å². The zero-order valence-corrected chi connectivity index (χ0v) is 9.30. The van der Waals surface area contributed by atoms with E-state index in [4.69, 9.17) is 4.74 Å². The lowest BCUT2D eigenvalue weighted by molar-refractivity contribution is -0.133. The van der Waals surface area contributed by atoms with Gasteiger partial charge in [-0.15, -0.1) is 0 Å². The number of piperazine rings is 1. The molecule has 1 saturated heterocycles. The molecule has 0 bridgehead atoms. The van der Waals surface area contributed by atoms with Crippen molar-refractivity contribution >= 4 is 5.78 Å². The Bertz CT molecular complexity index is 198. The first-order valence-electron chi connectivity index (χ1n) is 5.07. The molecule has 0 unspecified atom stereocenters. The molecule has 1 heterocycles. The maximum absolute atomic E-state index is 11.8. The first-order chi connectivity index (χ1) is 6.59. The minimum atomic E-state index is -0.391. The van der Waals surface area contributed by atoms with Gasteiger partial charge in [-0.05, 0) is 13.8 Å². The van der Waals surface area contributed by atoms with Crippen molar-refractivity contribution in [1.29, 1.82) is 0 Å². The van der Waals surface area contributed by atoms with Crippen LogP contribution in [0, 0.1) is 0 Å². The Balaban J connectivity index is 2.57. The number of nitrogens with one attached hydrogen (secondary N) is 1. The monoisotopic (exact) mass is 200 g/mol. The summed E-state index contributed by atoms with van der Waals surface area (Å²) >= 11 is 0. The zero-order chi connectivity index (χ0) is 10.6. The van der Waals surface area contributed by atoms with Crippen molar-refractivity contribution in [3.8, 4) is 0 Å². The van der Waals surface area contributed by atoms with Gasteiger partial charge in [-0.2, -0.15) is 0 Å². The maximum Gasteiger partial charge on any atom is 0.178 e. The van der Waals surface area contributed by atoms with E-state index in [2.05, 4.69) is 10.2 Å². The normalized spacial score (nSPS) is 19.6. The molecule has 0 aromatic carbocycles. The molecule has 0 atom stereocenters. The Labute approximate surface area is 85.6 Å². The molecule has 0 aromatic heterocycles. The van der Waals surface area contributed by atoms with Gasteiger partial charge in [0.25, 0.3) is 0 Å². The summed E-state index contributed by atoms with van der Waals surface area (Å²) in [5.74, 6) is 0.155. The van der Waals surface area contributed by atoms with Gasteiger partial charge in [0.15, 0.2) is 5.78 Å². The second kappa shape index (κ2) is 4.87. The third kappa shape index (κ3) is 2.53. The fourth-order valence-electron chi connectivity index (χ4n) is 1.71. The molecule has 0 spiro atoms. The van der Waals surface area contributed by atoms with Crippen molar-refractivity contribution in [2.75, 3.05) is 39.9 Å². The lowest BCUT2D eigenvalue weighted by Crippen LogP contribution is -2.57. The van der Waals surface area contributed by atoms with Crippen LogP contribution in [0.15, 0.2) is 0 Å². The quantitative estimate of drug-likeness (QED) is 0.687. The molecular weight excluding hydrogens is 180 g/mol. The highest BCUT2D eigenvalue weighted by Crippen LogP contribution is 2.16. The highest BCUT2D eigenvalue weighted by molar-refractivity contribution is 5.88. The van der Waals surface area contributed by atoms with Gasteiger partial charge in [0.2, 0.25) is 0 Å². The molecule has 0 aromatic rings. The van der Waals surface area contributed by atoms with Crippen LogP contribution in [-0.4, -0.2) is 56.1 Å². The second-order valence-corrected chi connectivity index (χ2v) is 4.15. The largest absolute Gasteiger partial charge is 0.377 e. The second-order valence-electron chi connectivity index (χ2n) is 4.15. The predicted octanol–water partition coefficient (Wildman–Crippen LogP) is -0.114. The highest BCUT2D eigenvalue weighted by atomic mass is 16.5. The van der Waals surface area contributed by atoms with Crippen LogP contribution < -0.4 is 5.32 Å². The van der Waals surface area contributed by atoms with E-state index in [9.17, 15) is 4.79 Å². The minimum Gasteiger partial charge on any atom is -0.377 e. The third-order valence-electron chi connectivity index (χ3n) is 2.87. The molecule has 0 radical (unpaired) electrons. The Morgan fingerprint density at radius 1 is 1.43 bits per heavy atom. The lowest BCUT2D eigenvalue weighted by atomic mass is 9.96. The number of ether oxygens (including phenoxy) is 1. The molecule has 14 heavy (non-hydrogen) atoms. The van der Waals surface area contributed by atoms with Crippen LogP contribution in [0.5, 0.6) is 0 Å². The van der Waals surface area contributed by atoms with Gasteiger partial charge in [0.05, 0.1) is 5.54 Å². The smallest absolute Gasteiger partial charge is 0.178 e. The van der Waals surface area contributed by atoms with Crippen LogP contribution in [0.25, 0.3) is 0 Å². The molecule has 82 valence electrons. The van der Waals surface area contributed by atoms with Crippen molar-refractivity contribution in [2.45, 2.75) is 19.4 Å². The van der Waals surface area contributed by atoms with Crippen LogP contribution >= 0.6 is 0 Å². The summed E-state index contributed by atoms with van der Waals surface area (Å²) in [6.45, 7) is 7.94. The van der Waals surface area contributed by atoms with E-state index in [0.29, 0.717) is 0 Å². The molecule has 0 amide bonds. The van der Waals surface area contributed by atoms with Gasteiger partial charge in [-0.3, -0.25) is 9.69 Å². The molecule has 4 heteroatoms. The molecule has 1 aliphatic rings. The average Bonchev–Trinajstić information content (AvgIpc) is 2.19. The maximum atomic E-state index is 11.8. The number of nitrogens with zero attached hydrogens (tertiary/aromatic N) is 1. The zero-order valence-electron chi connectivity index (χ0n) is 9.30. The number of methoxy groups -OCH3 is 1. The summed E-state index contributed by atoms with van der Waals surface area (Å²) in [7, 11) is 1.56. The number of Topliss-reactive ketones (excluding diaryl/α,β-unsaturated/α-hetero) is 1. The van der Waals surface area contributed by atoms with Crippen molar-refractivity contribution < 1.29 is 9.53 Å². The van der Waals surface area contributed by atoms with Crippen LogP contribution in [0.1, 0.15) is 13.8 Å². The van der Waals surface area contributed by atoms with Gasteiger partial charge >= 0.3 is 0 Å². The Hall–Kier alpha value is -0.450. The summed E-state index contributed by atoms with van der Waals surface area (Å²) in [4.78, 5) is 14.0. The van der Waals surface area contributed by atoms with E-state index >= 15 is 0 Å². The first kappa shape index (κ1) is 11.6. The SMILES string of the molecule is COCC(=O)C(C)(C)N1CCNCC1. The van der Waals surface area contributed by atoms with Gasteiger partial charge in [0.1, 0.15) is 6.61 Å². The van der Waals surface area contributed by atoms with Crippen molar-refractivity contribution in [1.82, 2.24) is 10.2 Å². The van der Waals surface area contributed by atoms with Crippen LogP contribution in [0.2, 0.25) is 0 Å². The fourth-order valence-corrected chi connectivity index (χ4v) is 1.71. The molecular formula is C10H20N2O2. The Morgan fingerprint density at radius 3 is 2.50 bits per heavy atom. The number of hydrogen-bond donors (Lipinski definition) is 1. The summed E-state index contributed by atoms with van der Waals surface area (Å²) in [6.07, 6.45) is 0. The van der Waals surface area contributed by atoms with Crippen molar-refractivity contribution in [2.24, 2.45) is 0 Å². The molecule has 0 saturated carbocycles. The number of carbonyl (C=O) groups is 1. The van der Waals surface area contributed by atoms with E-state index in [1.165, 1.54) is 0 Å². The van der Waals surface area contributed by atoms with E-state index in [1.54, 1.807) is 7.11 Å². The molecule has 1 N–H and O–H groups in total. The van der Waals surface area contributed by atoms with E-state index in [1.807, 2.05) is 13.8 Å². The molecule has 1 rings (SSSR count). The Kier molecular flexibility index (Phi) is 4.04. The summed E-state index contributed by atoms with van der Waals surface area (Å²) in [5, 5.41) is 3.27. The fraction of sp³-hybridized carbons (Fsp3) is 0.900. The molecule has 1 fully saturated rings. The molecule has 4 nitrogen and oxygen atoms in total. The number of ketones is 1. The summed E-state index contributed by atoms with van der Waals surface area (Å²) in [5.41, 5.74) is -0.391. The highest BCUT2D eigenvalue weighted by Gasteiger charge is 2.34. The average molecular weight is 200 g/mol. The van der Waals surface area contributed by atoms with Crippen molar-refractivity contribution in [3.05, 3.63) is 0 Å². The third-order valence-corrected chi connectivity index (χ3v) is 2.87. The van der Waals surface area contributed by atoms with Gasteiger partial charge in [-0.25, -0.2) is 0 Å². The number of carbonyl (C=O) groups excluding carboxylic acids is 1. The molecule has 1 aliphatic heterocycles. The standard InChI is InChI=1S/C10H20N2O2/c1-10(2,9(13)8-14-3)12-6-4-11-5-7-12/h11H,4-8H2,1-3H3.